The first-order valence-electron chi connectivity index (χ1n) is 11.6. The van der Waals surface area contributed by atoms with Gasteiger partial charge in [-0.15, -0.1) is 0 Å². The van der Waals surface area contributed by atoms with E-state index in [1.165, 1.54) is 0 Å². The molecular weight excluding hydrogens is 635 g/mol. The number of carbonyl (C=O) groups excluding carboxylic acids is 2. The molecule has 1 saturated heterocycles. The molecule has 44 heavy (non-hydrogen) atoms. The maximum Gasteiger partial charge on any atom is 0.435 e. The zero-order valence-electron chi connectivity index (χ0n) is 21.4. The Kier molecular flexibility index (Phi) is 7.59. The second kappa shape index (κ2) is 10.3. The van der Waals surface area contributed by atoms with E-state index in [-0.39, 0.29) is 11.3 Å². The molecule has 4 rings (SSSR count). The molecule has 4 N–H and O–H groups in total. The van der Waals surface area contributed by atoms with Crippen LogP contribution in [0.4, 0.5) is 54.1 Å². The Bertz CT molecular complexity index is 1600. The van der Waals surface area contributed by atoms with Crippen LogP contribution >= 0.6 is 0 Å². The quantitative estimate of drug-likeness (QED) is 0.357. The van der Waals surface area contributed by atoms with Crippen molar-refractivity contribution >= 4 is 23.1 Å². The highest BCUT2D eigenvalue weighted by Gasteiger charge is 2.77. The molecule has 2 amide bonds. The third kappa shape index (κ3) is 5.26. The normalized spacial score (nSPS) is 17.7. The zero-order chi connectivity index (χ0) is 33.2. The molecule has 11 nitrogen and oxygen atoms in total. The molecule has 0 bridgehead atoms. The SMILES string of the molecule is COc1ncc(-c2cc(C(F)(F)F)c3c(N)ncnn23)cc1C(=O)NC1CN(C(=O)C(O)(C(F)(F)F)C(F)(F)F)CC1(F)F. The number of nitrogens with two attached hydrogens (primary N) is 1. The number of methoxy groups -OCH3 is 1. The average Bonchev–Trinajstić information content (AvgIpc) is 3.44. The molecule has 0 aromatic carbocycles. The van der Waals surface area contributed by atoms with E-state index < -0.39 is 94.2 Å². The summed E-state index contributed by atoms with van der Waals surface area (Å²) in [6, 6.07) is -1.21. The van der Waals surface area contributed by atoms with Gasteiger partial charge in [0.05, 0.1) is 24.9 Å². The van der Waals surface area contributed by atoms with Gasteiger partial charge in [0.2, 0.25) is 5.88 Å². The number of hydrogen-bond donors (Lipinski definition) is 3. The Labute approximate surface area is 236 Å². The first-order valence-corrected chi connectivity index (χ1v) is 11.6. The van der Waals surface area contributed by atoms with Gasteiger partial charge in [-0.25, -0.2) is 23.3 Å². The molecule has 0 saturated carbocycles. The highest BCUT2D eigenvalue weighted by Crippen LogP contribution is 2.45. The molecule has 1 fully saturated rings. The fourth-order valence-corrected chi connectivity index (χ4v) is 4.36. The standard InChI is InChI=1S/C22H16F11N7O4/c1-44-16-9(2-8(4-35-16)11-3-10(20(25,26)27)13-14(34)36-7-37-40(11)13)15(41)38-12-5-39(6-18(12,23)24)17(42)19(43,21(28,29)30)22(31,32)33/h2-4,7,12,43H,5-6H2,1H3,(H,38,41)(H2,34,36,37). The number of carbonyl (C=O) groups is 2. The van der Waals surface area contributed by atoms with Crippen LogP contribution < -0.4 is 15.8 Å². The summed E-state index contributed by atoms with van der Waals surface area (Å²) in [5, 5.41) is 14.6. The molecule has 4 heterocycles. The van der Waals surface area contributed by atoms with Crippen molar-refractivity contribution in [1.29, 1.82) is 0 Å². The molecule has 0 spiro atoms. The number of hydrogen-bond acceptors (Lipinski definition) is 8. The summed E-state index contributed by atoms with van der Waals surface area (Å²) in [6.45, 7) is -3.67. The van der Waals surface area contributed by atoms with Gasteiger partial charge in [0, 0.05) is 18.3 Å². The third-order valence-electron chi connectivity index (χ3n) is 6.51. The molecule has 3 aromatic heterocycles. The Morgan fingerprint density at radius 3 is 2.23 bits per heavy atom. The molecule has 1 aliphatic heterocycles. The van der Waals surface area contributed by atoms with Gasteiger partial charge < -0.3 is 25.8 Å². The van der Waals surface area contributed by atoms with E-state index in [1.54, 1.807) is 5.32 Å². The van der Waals surface area contributed by atoms with Gasteiger partial charge in [0.15, 0.2) is 5.82 Å². The third-order valence-corrected chi connectivity index (χ3v) is 6.51. The monoisotopic (exact) mass is 651 g/mol. The second-order valence-corrected chi connectivity index (χ2v) is 9.31. The lowest BCUT2D eigenvalue weighted by molar-refractivity contribution is -0.353. The maximum atomic E-state index is 14.7. The molecule has 0 radical (unpaired) electrons. The molecule has 1 aliphatic rings. The highest BCUT2D eigenvalue weighted by atomic mass is 19.4. The number of likely N-dealkylation sites (tertiary alicyclic amines) is 1. The number of halogens is 11. The van der Waals surface area contributed by atoms with Crippen molar-refractivity contribution in [3.8, 4) is 17.1 Å². The summed E-state index contributed by atoms with van der Waals surface area (Å²) >= 11 is 0. The number of fused-ring (bicyclic) bond motifs is 1. The summed E-state index contributed by atoms with van der Waals surface area (Å²) in [4.78, 5) is 31.8. The van der Waals surface area contributed by atoms with E-state index in [9.17, 15) is 63.0 Å². The molecule has 1 atom stereocenters. The zero-order valence-corrected chi connectivity index (χ0v) is 21.4. The molecule has 3 aromatic rings. The number of anilines is 1. The minimum atomic E-state index is -6.65. The van der Waals surface area contributed by atoms with E-state index in [4.69, 9.17) is 10.5 Å². The molecular formula is C22H16F11N7O4. The molecule has 0 aliphatic carbocycles. The first kappa shape index (κ1) is 32.4. The largest absolute Gasteiger partial charge is 0.480 e. The number of pyridine rings is 1. The van der Waals surface area contributed by atoms with Crippen LogP contribution in [-0.4, -0.2) is 91.5 Å². The number of amides is 2. The van der Waals surface area contributed by atoms with Crippen LogP contribution in [-0.2, 0) is 11.0 Å². The van der Waals surface area contributed by atoms with Gasteiger partial charge in [-0.1, -0.05) is 0 Å². The predicted molar refractivity (Wildman–Crippen MR) is 122 cm³/mol. The second-order valence-electron chi connectivity index (χ2n) is 9.31. The fourth-order valence-electron chi connectivity index (χ4n) is 4.36. The number of nitrogens with zero attached hydrogens (tertiary/aromatic N) is 5. The van der Waals surface area contributed by atoms with Crippen molar-refractivity contribution in [2.24, 2.45) is 0 Å². The summed E-state index contributed by atoms with van der Waals surface area (Å²) < 4.78 is 155. The maximum absolute atomic E-state index is 14.7. The van der Waals surface area contributed by atoms with Gasteiger partial charge in [0.1, 0.15) is 23.4 Å². The Balaban J connectivity index is 1.69. The molecule has 22 heteroatoms. The lowest BCUT2D eigenvalue weighted by Gasteiger charge is -2.33. The van der Waals surface area contributed by atoms with Crippen LogP contribution in [0.3, 0.4) is 0 Å². The first-order chi connectivity index (χ1) is 20.0. The summed E-state index contributed by atoms with van der Waals surface area (Å²) in [6.07, 6.45) is -16.5. The number of nitrogens with one attached hydrogen (secondary N) is 1. The van der Waals surface area contributed by atoms with Crippen LogP contribution in [0.25, 0.3) is 16.8 Å². The number of nitrogen functional groups attached to an aromatic ring is 1. The van der Waals surface area contributed by atoms with Crippen molar-refractivity contribution in [3.63, 3.8) is 0 Å². The van der Waals surface area contributed by atoms with Crippen LogP contribution in [0.15, 0.2) is 24.7 Å². The van der Waals surface area contributed by atoms with Crippen LogP contribution in [0.1, 0.15) is 15.9 Å². The van der Waals surface area contributed by atoms with Gasteiger partial charge in [-0.3, -0.25) is 9.59 Å². The minimum Gasteiger partial charge on any atom is -0.480 e. The number of rotatable bonds is 5. The Morgan fingerprint density at radius 2 is 1.68 bits per heavy atom. The lowest BCUT2D eigenvalue weighted by atomic mass is 10.0. The van der Waals surface area contributed by atoms with E-state index >= 15 is 0 Å². The van der Waals surface area contributed by atoms with Gasteiger partial charge in [-0.05, 0) is 12.1 Å². The summed E-state index contributed by atoms with van der Waals surface area (Å²) in [7, 11) is 0.959. The lowest BCUT2D eigenvalue weighted by Crippen LogP contribution is -2.66. The van der Waals surface area contributed by atoms with Gasteiger partial charge in [-0.2, -0.15) is 44.6 Å². The van der Waals surface area contributed by atoms with E-state index in [0.29, 0.717) is 10.6 Å². The van der Waals surface area contributed by atoms with Crippen molar-refractivity contribution in [3.05, 3.63) is 35.8 Å². The predicted octanol–water partition coefficient (Wildman–Crippen LogP) is 2.83. The average molecular weight is 651 g/mol. The smallest absolute Gasteiger partial charge is 0.435 e. The van der Waals surface area contributed by atoms with Crippen molar-refractivity contribution < 1.29 is 67.7 Å². The van der Waals surface area contributed by atoms with E-state index in [2.05, 4.69) is 15.1 Å². The van der Waals surface area contributed by atoms with Crippen LogP contribution in [0.5, 0.6) is 5.88 Å². The summed E-state index contributed by atoms with van der Waals surface area (Å²) in [5.41, 5.74) is -3.79. The summed E-state index contributed by atoms with van der Waals surface area (Å²) in [5.74, 6) is -10.2. The minimum absolute atomic E-state index is 0.282. The molecule has 1 unspecified atom stereocenters. The van der Waals surface area contributed by atoms with Crippen molar-refractivity contribution in [1.82, 2.24) is 29.8 Å². The van der Waals surface area contributed by atoms with E-state index in [1.807, 2.05) is 0 Å². The number of aliphatic hydroxyl groups is 1. The topological polar surface area (TPSA) is 148 Å². The molecule has 240 valence electrons. The fraction of sp³-hybridized carbons (Fsp3) is 0.409. The van der Waals surface area contributed by atoms with Gasteiger partial charge >= 0.3 is 24.1 Å². The van der Waals surface area contributed by atoms with Crippen LogP contribution in [0, 0.1) is 0 Å². The van der Waals surface area contributed by atoms with Crippen molar-refractivity contribution in [2.75, 3.05) is 25.9 Å². The van der Waals surface area contributed by atoms with E-state index in [0.717, 1.165) is 25.7 Å². The Hall–Kier alpha value is -4.50. The van der Waals surface area contributed by atoms with Crippen LogP contribution in [0.2, 0.25) is 0 Å². The van der Waals surface area contributed by atoms with Crippen molar-refractivity contribution in [2.45, 2.75) is 36.1 Å². The number of aromatic nitrogens is 4. The number of ether oxygens (including phenoxy) is 1. The van der Waals surface area contributed by atoms with Gasteiger partial charge in [0.25, 0.3) is 17.7 Å². The highest BCUT2D eigenvalue weighted by molar-refractivity contribution is 5.98. The Morgan fingerprint density at radius 1 is 1.07 bits per heavy atom. The number of alkyl halides is 11.